The molecule has 0 radical (unpaired) electrons. The van der Waals surface area contributed by atoms with Crippen molar-refractivity contribution < 1.29 is 14.0 Å². The van der Waals surface area contributed by atoms with Crippen molar-refractivity contribution >= 4 is 29.1 Å². The lowest BCUT2D eigenvalue weighted by molar-refractivity contribution is -0.137. The fraction of sp³-hybridized carbons (Fsp3) is 0.619. The predicted octanol–water partition coefficient (Wildman–Crippen LogP) is 2.36. The Kier molecular flexibility index (Phi) is 5.97. The van der Waals surface area contributed by atoms with Gasteiger partial charge in [-0.25, -0.2) is 4.98 Å². The summed E-state index contributed by atoms with van der Waals surface area (Å²) in [5.41, 5.74) is 2.20. The van der Waals surface area contributed by atoms with E-state index in [4.69, 9.17) is 4.42 Å². The molecule has 8 nitrogen and oxygen atoms in total. The maximum Gasteiger partial charge on any atom is 0.300 e. The number of fused-ring (bicyclic) bond motifs is 1. The monoisotopic (exact) mass is 399 g/mol. The van der Waals surface area contributed by atoms with Crippen molar-refractivity contribution in [1.29, 1.82) is 0 Å². The van der Waals surface area contributed by atoms with E-state index in [1.807, 2.05) is 33.8 Å². The number of nitrogens with zero attached hydrogens (tertiary/aromatic N) is 5. The molecule has 0 bridgehead atoms. The SMILES string of the molecule is Cc1ccc2oc(N3CCN(C(=O)CCC(=O)N4CCCCCC4)CC3)nc2n1. The fourth-order valence-electron chi connectivity index (χ4n) is 4.03. The fourth-order valence-corrected chi connectivity index (χ4v) is 4.03. The number of pyridine rings is 1. The Labute approximate surface area is 170 Å². The minimum Gasteiger partial charge on any atom is -0.422 e. The van der Waals surface area contributed by atoms with Crippen LogP contribution in [0.25, 0.3) is 11.2 Å². The largest absolute Gasteiger partial charge is 0.422 e. The second kappa shape index (κ2) is 8.80. The summed E-state index contributed by atoms with van der Waals surface area (Å²) in [4.78, 5) is 39.7. The van der Waals surface area contributed by atoms with Crippen molar-refractivity contribution in [2.75, 3.05) is 44.2 Å². The Morgan fingerprint density at radius 1 is 0.862 bits per heavy atom. The molecule has 156 valence electrons. The third-order valence-electron chi connectivity index (χ3n) is 5.80. The van der Waals surface area contributed by atoms with Crippen molar-refractivity contribution in [1.82, 2.24) is 19.8 Å². The molecule has 0 atom stereocenters. The van der Waals surface area contributed by atoms with Crippen LogP contribution in [-0.4, -0.2) is 70.9 Å². The van der Waals surface area contributed by atoms with Gasteiger partial charge in [-0.2, -0.15) is 4.98 Å². The molecule has 0 aliphatic carbocycles. The van der Waals surface area contributed by atoms with Gasteiger partial charge in [-0.05, 0) is 31.9 Å². The Balaban J connectivity index is 1.26. The first-order chi connectivity index (χ1) is 14.1. The Hall–Kier alpha value is -2.64. The first-order valence-electron chi connectivity index (χ1n) is 10.6. The van der Waals surface area contributed by atoms with Gasteiger partial charge in [0.05, 0.1) is 0 Å². The van der Waals surface area contributed by atoms with Gasteiger partial charge in [0.1, 0.15) is 0 Å². The molecule has 8 heteroatoms. The van der Waals surface area contributed by atoms with Gasteiger partial charge in [0.2, 0.25) is 17.5 Å². The number of likely N-dealkylation sites (tertiary alicyclic amines) is 1. The van der Waals surface area contributed by atoms with E-state index in [1.165, 1.54) is 12.8 Å². The molecule has 2 aliphatic heterocycles. The van der Waals surface area contributed by atoms with Crippen LogP contribution in [-0.2, 0) is 9.59 Å². The summed E-state index contributed by atoms with van der Waals surface area (Å²) in [6.07, 6.45) is 5.15. The molecule has 4 heterocycles. The molecule has 29 heavy (non-hydrogen) atoms. The minimum absolute atomic E-state index is 0.0580. The second-order valence-electron chi connectivity index (χ2n) is 7.93. The molecule has 2 fully saturated rings. The van der Waals surface area contributed by atoms with Crippen LogP contribution in [0.3, 0.4) is 0 Å². The highest BCUT2D eigenvalue weighted by molar-refractivity contribution is 5.84. The standard InChI is InChI=1S/C21H29N5O3/c1-16-6-7-17-20(22-16)23-21(29-17)26-14-12-25(13-15-26)19(28)9-8-18(27)24-10-4-2-3-5-11-24/h6-7H,2-5,8-15H2,1H3. The number of rotatable bonds is 4. The first kappa shape index (κ1) is 19.7. The van der Waals surface area contributed by atoms with Crippen molar-refractivity contribution in [3.63, 3.8) is 0 Å². The summed E-state index contributed by atoms with van der Waals surface area (Å²) in [5.74, 6) is 0.177. The average molecular weight is 399 g/mol. The second-order valence-corrected chi connectivity index (χ2v) is 7.93. The highest BCUT2D eigenvalue weighted by Crippen LogP contribution is 2.22. The number of hydrogen-bond acceptors (Lipinski definition) is 6. The van der Waals surface area contributed by atoms with E-state index in [9.17, 15) is 9.59 Å². The molecule has 2 amide bonds. The predicted molar refractivity (Wildman–Crippen MR) is 110 cm³/mol. The van der Waals surface area contributed by atoms with Crippen LogP contribution < -0.4 is 4.90 Å². The molecule has 0 unspecified atom stereocenters. The summed E-state index contributed by atoms with van der Waals surface area (Å²) in [6.45, 7) is 6.16. The number of anilines is 1. The summed E-state index contributed by atoms with van der Waals surface area (Å²) >= 11 is 0. The number of hydrogen-bond donors (Lipinski definition) is 0. The lowest BCUT2D eigenvalue weighted by atomic mass is 10.2. The number of aromatic nitrogens is 2. The lowest BCUT2D eigenvalue weighted by Gasteiger charge is -2.34. The van der Waals surface area contributed by atoms with Gasteiger partial charge in [-0.15, -0.1) is 0 Å². The average Bonchev–Trinajstić information content (AvgIpc) is 2.96. The summed E-state index contributed by atoms with van der Waals surface area (Å²) in [6, 6.07) is 4.34. The molecule has 0 aromatic carbocycles. The first-order valence-corrected chi connectivity index (χ1v) is 10.6. The molecule has 0 N–H and O–H groups in total. The van der Waals surface area contributed by atoms with Crippen LogP contribution in [0.1, 0.15) is 44.2 Å². The zero-order chi connectivity index (χ0) is 20.2. The van der Waals surface area contributed by atoms with E-state index in [0.29, 0.717) is 56.3 Å². The third kappa shape index (κ3) is 4.68. The molecular formula is C21H29N5O3. The van der Waals surface area contributed by atoms with Gasteiger partial charge in [0.15, 0.2) is 5.58 Å². The minimum atomic E-state index is 0.0580. The molecule has 2 saturated heterocycles. The number of carbonyl (C=O) groups excluding carboxylic acids is 2. The van der Waals surface area contributed by atoms with Crippen molar-refractivity contribution in [3.8, 4) is 0 Å². The number of oxazole rings is 1. The molecule has 0 spiro atoms. The van der Waals surface area contributed by atoms with E-state index in [-0.39, 0.29) is 11.8 Å². The van der Waals surface area contributed by atoms with Crippen LogP contribution in [0.4, 0.5) is 6.01 Å². The highest BCUT2D eigenvalue weighted by atomic mass is 16.4. The molecule has 4 rings (SSSR count). The van der Waals surface area contributed by atoms with Crippen LogP contribution in [0.2, 0.25) is 0 Å². The topological polar surface area (TPSA) is 82.8 Å². The maximum absolute atomic E-state index is 12.6. The molecule has 2 aliphatic rings. The highest BCUT2D eigenvalue weighted by Gasteiger charge is 2.25. The summed E-state index contributed by atoms with van der Waals surface area (Å²) in [7, 11) is 0. The van der Waals surface area contributed by atoms with Gasteiger partial charge < -0.3 is 19.1 Å². The quantitative estimate of drug-likeness (QED) is 0.785. The van der Waals surface area contributed by atoms with Crippen molar-refractivity contribution in [2.45, 2.75) is 45.4 Å². The van der Waals surface area contributed by atoms with Gasteiger partial charge in [-0.3, -0.25) is 9.59 Å². The van der Waals surface area contributed by atoms with Gasteiger partial charge in [-0.1, -0.05) is 12.8 Å². The van der Waals surface area contributed by atoms with Crippen LogP contribution in [0.15, 0.2) is 16.5 Å². The van der Waals surface area contributed by atoms with Crippen LogP contribution in [0.5, 0.6) is 0 Å². The van der Waals surface area contributed by atoms with Crippen LogP contribution in [0, 0.1) is 6.92 Å². The summed E-state index contributed by atoms with van der Waals surface area (Å²) < 4.78 is 5.81. The Morgan fingerprint density at radius 2 is 1.48 bits per heavy atom. The lowest BCUT2D eigenvalue weighted by Crippen LogP contribution is -2.49. The number of amides is 2. The number of piperazine rings is 1. The normalized spacial score (nSPS) is 18.2. The third-order valence-corrected chi connectivity index (χ3v) is 5.80. The molecule has 2 aromatic heterocycles. The number of carbonyl (C=O) groups is 2. The summed E-state index contributed by atoms with van der Waals surface area (Å²) in [5, 5.41) is 0. The Morgan fingerprint density at radius 3 is 2.14 bits per heavy atom. The Bertz CT molecular complexity index is 864. The smallest absolute Gasteiger partial charge is 0.300 e. The van der Waals surface area contributed by atoms with Gasteiger partial charge in [0.25, 0.3) is 6.01 Å². The van der Waals surface area contributed by atoms with E-state index < -0.39 is 0 Å². The maximum atomic E-state index is 12.6. The van der Waals surface area contributed by atoms with Crippen molar-refractivity contribution in [3.05, 3.63) is 17.8 Å². The molecule has 0 saturated carbocycles. The van der Waals surface area contributed by atoms with Crippen molar-refractivity contribution in [2.24, 2.45) is 0 Å². The van der Waals surface area contributed by atoms with E-state index in [0.717, 1.165) is 31.6 Å². The van der Waals surface area contributed by atoms with E-state index in [2.05, 4.69) is 9.97 Å². The van der Waals surface area contributed by atoms with Gasteiger partial charge >= 0.3 is 0 Å². The molecule has 2 aromatic rings. The zero-order valence-corrected chi connectivity index (χ0v) is 17.1. The van der Waals surface area contributed by atoms with Gasteiger partial charge in [0, 0.05) is 57.8 Å². The molecular weight excluding hydrogens is 370 g/mol. The van der Waals surface area contributed by atoms with E-state index >= 15 is 0 Å². The zero-order valence-electron chi connectivity index (χ0n) is 17.1. The van der Waals surface area contributed by atoms with E-state index in [1.54, 1.807) is 0 Å². The van der Waals surface area contributed by atoms with Crippen LogP contribution >= 0.6 is 0 Å². The number of aryl methyl sites for hydroxylation is 1.